The monoisotopic (exact) mass is 1090 g/mol. The molecule has 2 heteroatoms. The van der Waals surface area contributed by atoms with Gasteiger partial charge in [-0.3, -0.25) is 0 Å². The van der Waals surface area contributed by atoms with E-state index in [4.69, 9.17) is 0 Å². The summed E-state index contributed by atoms with van der Waals surface area (Å²) >= 11 is 0. The molecule has 0 amide bonds. The average Bonchev–Trinajstić information content (AvgIpc) is 3.71. The van der Waals surface area contributed by atoms with Crippen molar-refractivity contribution in [2.45, 2.75) is 94.7 Å². The molecule has 0 spiro atoms. The molecule has 0 saturated heterocycles. The molecule has 8 aromatic rings. The van der Waals surface area contributed by atoms with E-state index in [0.717, 1.165) is 58.5 Å². The fraction of sp³-hybridized carbons (Fsp3) is 0.185. The van der Waals surface area contributed by atoms with Crippen molar-refractivity contribution < 1.29 is 0 Å². The molecule has 8 aromatic carbocycles. The first kappa shape index (κ1) is 64.8. The predicted molar refractivity (Wildman–Crippen MR) is 371 cm³/mol. The highest BCUT2D eigenvalue weighted by Crippen LogP contribution is 2.37. The lowest BCUT2D eigenvalue weighted by molar-refractivity contribution is 0.705. The van der Waals surface area contributed by atoms with Gasteiger partial charge < -0.3 is 10.6 Å². The maximum atomic E-state index is 4.27. The summed E-state index contributed by atoms with van der Waals surface area (Å²) < 4.78 is 0. The van der Waals surface area contributed by atoms with E-state index in [1.54, 1.807) is 6.08 Å². The van der Waals surface area contributed by atoms with Gasteiger partial charge in [-0.05, 0) is 178 Å². The van der Waals surface area contributed by atoms with Gasteiger partial charge in [0, 0.05) is 11.4 Å². The maximum Gasteiger partial charge on any atom is 0.123 e. The summed E-state index contributed by atoms with van der Waals surface area (Å²) in [6, 6.07) is 71.6. The smallest absolute Gasteiger partial charge is 0.123 e. The summed E-state index contributed by atoms with van der Waals surface area (Å²) in [5.41, 5.74) is 23.4. The van der Waals surface area contributed by atoms with Crippen LogP contribution in [0.5, 0.6) is 0 Å². The van der Waals surface area contributed by atoms with Gasteiger partial charge in [0.2, 0.25) is 0 Å². The van der Waals surface area contributed by atoms with Gasteiger partial charge in [-0.1, -0.05) is 284 Å². The number of hydrogen-bond donors (Lipinski definition) is 2. The Hall–Kier alpha value is -8.98. The van der Waals surface area contributed by atoms with Crippen LogP contribution >= 0.6 is 0 Å². The van der Waals surface area contributed by atoms with E-state index in [1.165, 1.54) is 77.6 Å². The minimum absolute atomic E-state index is 0.220. The van der Waals surface area contributed by atoms with Crippen LogP contribution in [0.25, 0.3) is 49.9 Å². The molecule has 0 aromatic heterocycles. The van der Waals surface area contributed by atoms with E-state index >= 15 is 0 Å². The Morgan fingerprint density at radius 2 is 1.11 bits per heavy atom. The van der Waals surface area contributed by atoms with E-state index in [9.17, 15) is 0 Å². The molecular weight excluding hydrogens is 1000 g/mol. The van der Waals surface area contributed by atoms with Gasteiger partial charge in [0.1, 0.15) is 6.17 Å². The number of anilines is 1. The topological polar surface area (TPSA) is 24.1 Å². The van der Waals surface area contributed by atoms with Crippen molar-refractivity contribution in [2.24, 2.45) is 5.92 Å². The predicted octanol–water partition coefficient (Wildman–Crippen LogP) is 23.3. The van der Waals surface area contributed by atoms with Crippen LogP contribution in [0.3, 0.4) is 0 Å². The molecule has 0 heterocycles. The van der Waals surface area contributed by atoms with Gasteiger partial charge in [-0.2, -0.15) is 0 Å². The Kier molecular flexibility index (Phi) is 26.8. The zero-order valence-corrected chi connectivity index (χ0v) is 51.4. The Bertz CT molecular complexity index is 3540. The van der Waals surface area contributed by atoms with Gasteiger partial charge in [-0.25, -0.2) is 0 Å². The summed E-state index contributed by atoms with van der Waals surface area (Å²) in [5, 5.41) is 10.3. The minimum Gasteiger partial charge on any atom is -0.361 e. The van der Waals surface area contributed by atoms with Crippen molar-refractivity contribution in [2.75, 3.05) is 5.32 Å². The normalized spacial score (nSPS) is 13.5. The fourth-order valence-corrected chi connectivity index (χ4v) is 10.2. The van der Waals surface area contributed by atoms with Crippen LogP contribution in [0.15, 0.2) is 292 Å². The summed E-state index contributed by atoms with van der Waals surface area (Å²) in [6.45, 7) is 39.3. The van der Waals surface area contributed by atoms with Crippen LogP contribution in [-0.2, 0) is 6.42 Å². The number of para-hydroxylation sites is 1. The van der Waals surface area contributed by atoms with E-state index in [2.05, 4.69) is 310 Å². The van der Waals surface area contributed by atoms with E-state index < -0.39 is 0 Å². The van der Waals surface area contributed by atoms with Crippen LogP contribution in [0.4, 0.5) is 5.69 Å². The first-order chi connectivity index (χ1) is 40.5. The van der Waals surface area contributed by atoms with Crippen molar-refractivity contribution in [3.63, 3.8) is 0 Å². The van der Waals surface area contributed by atoms with Gasteiger partial charge in [0.05, 0.1) is 0 Å². The van der Waals surface area contributed by atoms with Crippen LogP contribution < -0.4 is 10.6 Å². The summed E-state index contributed by atoms with van der Waals surface area (Å²) in [6.07, 6.45) is 17.1. The van der Waals surface area contributed by atoms with Gasteiger partial charge in [-0.15, -0.1) is 13.2 Å². The molecule has 0 radical (unpaired) electrons. The van der Waals surface area contributed by atoms with Gasteiger partial charge >= 0.3 is 0 Å². The second-order valence-corrected chi connectivity index (χ2v) is 20.4. The highest BCUT2D eigenvalue weighted by atomic mass is 15.1. The standard InChI is InChI=1S/C52H52N2.C23H22.2C2H6.C2H4/c1-8-9-10-11-13-18-38(6)51(41-19-14-12-15-20-41)54-52(53-50-22-17-16-21-49(50)37(4)5)42-25-23-40(24-26-42)44-27-28-47-35-45(29-30-46(47)34-44)43-31-32-48(36(2)3)39(7)33-43;1-18-11-9-10-16-22(18)17-23(21-14-7-4-8-15-21)19(2)20-12-5-3-6-13-20;3*1-2/h8-17,19-32,34-35,39,52-54H,1-2,4,18,33H2,3,5-7H3;3-16H,17H2,1-2H3;2*1-2H3;1-2H2/b10-9-,13-11-,51-38+;23-19-;;;. The van der Waals surface area contributed by atoms with Crippen LogP contribution in [0, 0.1) is 12.8 Å². The van der Waals surface area contributed by atoms with Crippen molar-refractivity contribution in [1.82, 2.24) is 5.32 Å². The number of benzene rings is 8. The second-order valence-electron chi connectivity index (χ2n) is 20.4. The Balaban J connectivity index is 0.000000361. The van der Waals surface area contributed by atoms with Crippen molar-refractivity contribution >= 4 is 44.4 Å². The maximum absolute atomic E-state index is 4.27. The van der Waals surface area contributed by atoms with Gasteiger partial charge in [0.15, 0.2) is 0 Å². The van der Waals surface area contributed by atoms with E-state index in [1.807, 2.05) is 39.8 Å². The summed E-state index contributed by atoms with van der Waals surface area (Å²) in [7, 11) is 0. The number of rotatable bonds is 18. The molecule has 83 heavy (non-hydrogen) atoms. The molecule has 424 valence electrons. The third-order valence-corrected chi connectivity index (χ3v) is 14.6. The molecule has 2 nitrogen and oxygen atoms in total. The lowest BCUT2D eigenvalue weighted by Crippen LogP contribution is -2.28. The number of allylic oxidation sites excluding steroid dienone is 14. The fourth-order valence-electron chi connectivity index (χ4n) is 10.2. The molecular formula is C81H90N2. The zero-order chi connectivity index (χ0) is 60.1. The first-order valence-corrected chi connectivity index (χ1v) is 29.5. The third kappa shape index (κ3) is 18.5. The minimum atomic E-state index is -0.220. The molecule has 0 saturated carbocycles. The lowest BCUT2D eigenvalue weighted by atomic mass is 9.83. The van der Waals surface area contributed by atoms with Gasteiger partial charge in [0.25, 0.3) is 0 Å². The first-order valence-electron chi connectivity index (χ1n) is 29.5. The summed E-state index contributed by atoms with van der Waals surface area (Å²) in [4.78, 5) is 0. The summed E-state index contributed by atoms with van der Waals surface area (Å²) in [5.74, 6) is 0.478. The molecule has 0 fully saturated rings. The largest absolute Gasteiger partial charge is 0.361 e. The highest BCUT2D eigenvalue weighted by molar-refractivity contribution is 5.92. The number of hydrogen-bond acceptors (Lipinski definition) is 2. The Morgan fingerprint density at radius 3 is 1.70 bits per heavy atom. The van der Waals surface area contributed by atoms with Crippen LogP contribution in [0.2, 0.25) is 0 Å². The highest BCUT2D eigenvalue weighted by Gasteiger charge is 2.19. The molecule has 2 N–H and O–H groups in total. The van der Waals surface area contributed by atoms with Crippen molar-refractivity contribution in [1.29, 1.82) is 0 Å². The SMILES string of the molecule is C/C(=C(\Cc1ccccc1C)c1ccccc1)c1ccccc1.C=C.C=C/C=C\C=C/C/C(C)=C(/NC(Nc1ccccc1C(=C)C)c1ccc(-c2ccc3cc(C4=CC=C(C(=C)C)C(C)C4)ccc3c2)cc1)c1ccccc1.CC.CC. The molecule has 0 bridgehead atoms. The third-order valence-electron chi connectivity index (χ3n) is 14.6. The number of fused-ring (bicyclic) bond motifs is 1. The molecule has 1 aliphatic carbocycles. The number of nitrogens with one attached hydrogen (secondary N) is 2. The van der Waals surface area contributed by atoms with Crippen LogP contribution in [-0.4, -0.2) is 0 Å². The van der Waals surface area contributed by atoms with Crippen LogP contribution in [0.1, 0.15) is 126 Å². The zero-order valence-electron chi connectivity index (χ0n) is 51.4. The van der Waals surface area contributed by atoms with Crippen molar-refractivity contribution in [3.05, 3.63) is 337 Å². The van der Waals surface area contributed by atoms with Crippen molar-refractivity contribution in [3.8, 4) is 11.1 Å². The molecule has 2 atom stereocenters. The van der Waals surface area contributed by atoms with E-state index in [0.29, 0.717) is 5.92 Å². The second kappa shape index (κ2) is 34.3. The molecule has 1 aliphatic rings. The number of aryl methyl sites for hydroxylation is 1. The molecule has 2 unspecified atom stereocenters. The molecule has 9 rings (SSSR count). The molecule has 0 aliphatic heterocycles. The Morgan fingerprint density at radius 1 is 0.566 bits per heavy atom. The average molecular weight is 1090 g/mol. The Labute approximate surface area is 500 Å². The van der Waals surface area contributed by atoms with E-state index in [-0.39, 0.29) is 6.17 Å². The quantitative estimate of drug-likeness (QED) is 0.0387. The lowest BCUT2D eigenvalue weighted by Gasteiger charge is -2.27.